The summed E-state index contributed by atoms with van der Waals surface area (Å²) in [4.78, 5) is 14.3. The number of nitrogens with two attached hydrogens (primary N) is 1. The molecule has 1 aliphatic heterocycles. The number of nitrogens with one attached hydrogen (secondary N) is 1. The van der Waals surface area contributed by atoms with Gasteiger partial charge >= 0.3 is 0 Å². The lowest BCUT2D eigenvalue weighted by atomic mass is 9.98. The summed E-state index contributed by atoms with van der Waals surface area (Å²) in [6.07, 6.45) is 0.868. The number of carbonyl (C=O) groups excluding carboxylic acids is 1. The Balaban J connectivity index is 1.71. The summed E-state index contributed by atoms with van der Waals surface area (Å²) in [5.74, 6) is -0.0231. The van der Waals surface area contributed by atoms with Crippen molar-refractivity contribution in [2.45, 2.75) is 12.5 Å². The maximum absolute atomic E-state index is 12.2. The highest BCUT2D eigenvalue weighted by molar-refractivity contribution is 5.94. The van der Waals surface area contributed by atoms with Crippen LogP contribution in [0.1, 0.15) is 5.56 Å². The summed E-state index contributed by atoms with van der Waals surface area (Å²) in [7, 11) is 0. The van der Waals surface area contributed by atoms with E-state index in [0.717, 1.165) is 17.8 Å². The largest absolute Gasteiger partial charge is 0.360 e. The fourth-order valence-electron chi connectivity index (χ4n) is 2.77. The van der Waals surface area contributed by atoms with Crippen LogP contribution in [0.5, 0.6) is 0 Å². The second kappa shape index (κ2) is 5.97. The van der Waals surface area contributed by atoms with Crippen LogP contribution in [0.2, 0.25) is 0 Å². The number of nitrogens with zero attached hydrogens (tertiary/aromatic N) is 1. The Morgan fingerprint density at radius 2 is 1.86 bits per heavy atom. The standard InChI is InChI=1S/C17H19N3O/c18-14-10-13-6-4-5-9-16(13)20(11-14)12-17(21)19-15-7-2-1-3-8-15/h1-9,14H,10-12,18H2,(H,19,21). The Bertz CT molecular complexity index is 627. The second-order valence-corrected chi connectivity index (χ2v) is 5.39. The molecule has 2 aromatic carbocycles. The molecule has 4 heteroatoms. The molecular formula is C17H19N3O. The molecular weight excluding hydrogens is 262 g/mol. The number of hydrogen-bond donors (Lipinski definition) is 2. The van der Waals surface area contributed by atoms with Gasteiger partial charge in [-0.2, -0.15) is 0 Å². The van der Waals surface area contributed by atoms with Crippen molar-refractivity contribution >= 4 is 17.3 Å². The number of para-hydroxylation sites is 2. The number of carbonyl (C=O) groups is 1. The van der Waals surface area contributed by atoms with Gasteiger partial charge in [-0.1, -0.05) is 36.4 Å². The molecule has 21 heavy (non-hydrogen) atoms. The van der Waals surface area contributed by atoms with Crippen molar-refractivity contribution in [3.05, 3.63) is 60.2 Å². The third-order valence-electron chi connectivity index (χ3n) is 3.66. The van der Waals surface area contributed by atoms with E-state index >= 15 is 0 Å². The molecule has 1 atom stereocenters. The Morgan fingerprint density at radius 1 is 1.14 bits per heavy atom. The van der Waals surface area contributed by atoms with Crippen LogP contribution in [0, 0.1) is 0 Å². The molecule has 0 aromatic heterocycles. The Kier molecular flexibility index (Phi) is 3.88. The number of benzene rings is 2. The van der Waals surface area contributed by atoms with Gasteiger partial charge in [0.15, 0.2) is 0 Å². The van der Waals surface area contributed by atoms with E-state index in [1.807, 2.05) is 42.5 Å². The Morgan fingerprint density at radius 3 is 2.67 bits per heavy atom. The SMILES string of the molecule is NC1Cc2ccccc2N(CC(=O)Nc2ccccc2)C1. The fraction of sp³-hybridized carbons (Fsp3) is 0.235. The topological polar surface area (TPSA) is 58.4 Å². The molecule has 3 rings (SSSR count). The van der Waals surface area contributed by atoms with Gasteiger partial charge in [0.2, 0.25) is 5.91 Å². The lowest BCUT2D eigenvalue weighted by Crippen LogP contribution is -2.46. The molecule has 2 aromatic rings. The van der Waals surface area contributed by atoms with Crippen LogP contribution in [-0.4, -0.2) is 25.0 Å². The highest BCUT2D eigenvalue weighted by Crippen LogP contribution is 2.26. The first-order valence-corrected chi connectivity index (χ1v) is 7.16. The van der Waals surface area contributed by atoms with Crippen molar-refractivity contribution in [1.82, 2.24) is 0 Å². The molecule has 0 saturated heterocycles. The molecule has 4 nitrogen and oxygen atoms in total. The molecule has 0 aliphatic carbocycles. The molecule has 1 aliphatic rings. The Hall–Kier alpha value is -2.33. The smallest absolute Gasteiger partial charge is 0.243 e. The van der Waals surface area contributed by atoms with E-state index in [9.17, 15) is 4.79 Å². The summed E-state index contributed by atoms with van der Waals surface area (Å²) in [5, 5.41) is 2.91. The summed E-state index contributed by atoms with van der Waals surface area (Å²) in [5.41, 5.74) is 9.24. The summed E-state index contributed by atoms with van der Waals surface area (Å²) in [6.45, 7) is 1.03. The quantitative estimate of drug-likeness (QED) is 0.905. The van der Waals surface area contributed by atoms with Gasteiger partial charge in [0.05, 0.1) is 6.54 Å². The summed E-state index contributed by atoms with van der Waals surface area (Å²) in [6, 6.07) is 17.7. The minimum atomic E-state index is -0.0231. The van der Waals surface area contributed by atoms with Gasteiger partial charge in [-0.15, -0.1) is 0 Å². The maximum Gasteiger partial charge on any atom is 0.243 e. The van der Waals surface area contributed by atoms with E-state index in [2.05, 4.69) is 22.3 Å². The molecule has 0 radical (unpaired) electrons. The highest BCUT2D eigenvalue weighted by atomic mass is 16.2. The van der Waals surface area contributed by atoms with Gasteiger partial charge in [-0.25, -0.2) is 0 Å². The first-order chi connectivity index (χ1) is 10.2. The maximum atomic E-state index is 12.2. The van der Waals surface area contributed by atoms with Gasteiger partial charge in [0.1, 0.15) is 0 Å². The zero-order valence-electron chi connectivity index (χ0n) is 11.8. The number of fused-ring (bicyclic) bond motifs is 1. The van der Waals surface area contributed by atoms with Crippen LogP contribution < -0.4 is 16.0 Å². The Labute approximate surface area is 124 Å². The molecule has 3 N–H and O–H groups in total. The lowest BCUT2D eigenvalue weighted by Gasteiger charge is -2.34. The first-order valence-electron chi connectivity index (χ1n) is 7.16. The normalized spacial score (nSPS) is 17.2. The molecule has 0 saturated carbocycles. The monoisotopic (exact) mass is 281 g/mol. The zero-order chi connectivity index (χ0) is 14.7. The molecule has 1 amide bonds. The van der Waals surface area contributed by atoms with E-state index in [4.69, 9.17) is 5.73 Å². The molecule has 1 unspecified atom stereocenters. The third-order valence-corrected chi connectivity index (χ3v) is 3.66. The van der Waals surface area contributed by atoms with E-state index in [1.165, 1.54) is 5.56 Å². The molecule has 0 fully saturated rings. The van der Waals surface area contributed by atoms with Crippen molar-refractivity contribution in [1.29, 1.82) is 0 Å². The number of rotatable bonds is 3. The van der Waals surface area contributed by atoms with Gasteiger partial charge in [0, 0.05) is 24.0 Å². The highest BCUT2D eigenvalue weighted by Gasteiger charge is 2.23. The van der Waals surface area contributed by atoms with E-state index in [-0.39, 0.29) is 11.9 Å². The molecule has 108 valence electrons. The lowest BCUT2D eigenvalue weighted by molar-refractivity contribution is -0.115. The molecule has 1 heterocycles. The van der Waals surface area contributed by atoms with Gasteiger partial charge < -0.3 is 16.0 Å². The van der Waals surface area contributed by atoms with Crippen molar-refractivity contribution in [2.24, 2.45) is 5.73 Å². The van der Waals surface area contributed by atoms with E-state index in [1.54, 1.807) is 0 Å². The van der Waals surface area contributed by atoms with Crippen molar-refractivity contribution < 1.29 is 4.79 Å². The van der Waals surface area contributed by atoms with E-state index < -0.39 is 0 Å². The number of anilines is 2. The van der Waals surface area contributed by atoms with Crippen LogP contribution in [0.3, 0.4) is 0 Å². The van der Waals surface area contributed by atoms with Crippen molar-refractivity contribution in [3.8, 4) is 0 Å². The van der Waals surface area contributed by atoms with Crippen LogP contribution in [0.4, 0.5) is 11.4 Å². The predicted molar refractivity (Wildman–Crippen MR) is 85.4 cm³/mol. The van der Waals surface area contributed by atoms with Crippen LogP contribution in [-0.2, 0) is 11.2 Å². The third kappa shape index (κ3) is 3.23. The van der Waals surface area contributed by atoms with Gasteiger partial charge in [-0.3, -0.25) is 4.79 Å². The number of hydrogen-bond acceptors (Lipinski definition) is 3. The second-order valence-electron chi connectivity index (χ2n) is 5.39. The predicted octanol–water partition coefficient (Wildman–Crippen LogP) is 2.02. The van der Waals surface area contributed by atoms with Crippen LogP contribution >= 0.6 is 0 Å². The van der Waals surface area contributed by atoms with Gasteiger partial charge in [0.25, 0.3) is 0 Å². The van der Waals surface area contributed by atoms with Gasteiger partial charge in [-0.05, 0) is 30.2 Å². The van der Waals surface area contributed by atoms with Crippen molar-refractivity contribution in [3.63, 3.8) is 0 Å². The fourth-order valence-corrected chi connectivity index (χ4v) is 2.77. The summed E-state index contributed by atoms with van der Waals surface area (Å²) >= 11 is 0. The number of amides is 1. The van der Waals surface area contributed by atoms with Crippen molar-refractivity contribution in [2.75, 3.05) is 23.3 Å². The van der Waals surface area contributed by atoms with E-state index in [0.29, 0.717) is 13.1 Å². The molecule has 0 bridgehead atoms. The minimum absolute atomic E-state index is 0.0231. The minimum Gasteiger partial charge on any atom is -0.360 e. The van der Waals surface area contributed by atoms with Crippen LogP contribution in [0.15, 0.2) is 54.6 Å². The van der Waals surface area contributed by atoms with Crippen LogP contribution in [0.25, 0.3) is 0 Å². The molecule has 0 spiro atoms. The average molecular weight is 281 g/mol. The first kappa shape index (κ1) is 13.6. The average Bonchev–Trinajstić information content (AvgIpc) is 2.48. The zero-order valence-corrected chi connectivity index (χ0v) is 11.8. The summed E-state index contributed by atoms with van der Waals surface area (Å²) < 4.78 is 0.